The number of nitrogens with zero attached hydrogens (tertiary/aromatic N) is 3. The van der Waals surface area contributed by atoms with Crippen molar-refractivity contribution in [3.8, 4) is 5.69 Å². The Bertz CT molecular complexity index is 1140. The maximum absolute atomic E-state index is 13.2. The third kappa shape index (κ3) is 2.85. The van der Waals surface area contributed by atoms with Gasteiger partial charge in [0.25, 0.3) is 5.91 Å². The molecular formula is C21H18FN5O. The van der Waals surface area contributed by atoms with Gasteiger partial charge < -0.3 is 10.3 Å². The smallest absolute Gasteiger partial charge is 0.272 e. The maximum atomic E-state index is 13.2. The molecule has 6 nitrogen and oxygen atoms in total. The lowest BCUT2D eigenvalue weighted by atomic mass is 10.2. The van der Waals surface area contributed by atoms with E-state index in [1.54, 1.807) is 16.8 Å². The van der Waals surface area contributed by atoms with Crippen molar-refractivity contribution >= 4 is 16.9 Å². The number of fused-ring (bicyclic) bond motifs is 2. The van der Waals surface area contributed by atoms with E-state index in [-0.39, 0.29) is 11.7 Å². The first-order valence-electron chi connectivity index (χ1n) is 9.27. The summed E-state index contributed by atoms with van der Waals surface area (Å²) in [7, 11) is 0. The molecule has 2 N–H and O–H groups in total. The van der Waals surface area contributed by atoms with Crippen LogP contribution in [0.15, 0.2) is 48.5 Å². The highest BCUT2D eigenvalue weighted by atomic mass is 19.1. The topological polar surface area (TPSA) is 75.6 Å². The number of rotatable bonds is 4. The molecule has 5 rings (SSSR count). The molecule has 0 fully saturated rings. The number of H-pyrrole nitrogens is 1. The number of hydrogen-bond donors (Lipinski definition) is 2. The van der Waals surface area contributed by atoms with E-state index >= 15 is 0 Å². The summed E-state index contributed by atoms with van der Waals surface area (Å²) in [5.74, 6) is 0.181. The third-order valence-corrected chi connectivity index (χ3v) is 5.07. The molecule has 0 bridgehead atoms. The van der Waals surface area contributed by atoms with Crippen LogP contribution in [-0.2, 0) is 19.4 Å². The Labute approximate surface area is 160 Å². The van der Waals surface area contributed by atoms with Crippen molar-refractivity contribution in [1.29, 1.82) is 0 Å². The molecule has 2 aromatic carbocycles. The van der Waals surface area contributed by atoms with Gasteiger partial charge in [0.15, 0.2) is 5.69 Å². The minimum atomic E-state index is -0.295. The lowest BCUT2D eigenvalue weighted by Gasteiger charge is -2.05. The van der Waals surface area contributed by atoms with E-state index in [1.165, 1.54) is 12.1 Å². The molecule has 7 heteroatoms. The predicted octanol–water partition coefficient (Wildman–Crippen LogP) is 3.31. The molecule has 2 aromatic heterocycles. The van der Waals surface area contributed by atoms with Crippen molar-refractivity contribution in [2.45, 2.75) is 25.8 Å². The van der Waals surface area contributed by atoms with Gasteiger partial charge in [0, 0.05) is 11.3 Å². The van der Waals surface area contributed by atoms with E-state index in [9.17, 15) is 9.18 Å². The Morgan fingerprint density at radius 3 is 2.79 bits per heavy atom. The second kappa shape index (κ2) is 6.60. The van der Waals surface area contributed by atoms with Gasteiger partial charge in [-0.1, -0.05) is 12.1 Å². The molecule has 4 aromatic rings. The number of halogens is 1. The third-order valence-electron chi connectivity index (χ3n) is 5.07. The van der Waals surface area contributed by atoms with Gasteiger partial charge in [-0.25, -0.2) is 14.1 Å². The van der Waals surface area contributed by atoms with E-state index in [4.69, 9.17) is 0 Å². The first-order chi connectivity index (χ1) is 13.7. The Morgan fingerprint density at radius 2 is 1.96 bits per heavy atom. The lowest BCUT2D eigenvalue weighted by Crippen LogP contribution is -2.25. The standard InChI is InChI=1S/C21H18FN5O/c22-13-8-10-14(11-9-13)27-18-7-3-4-15(18)20(26-27)21(28)23-12-19-24-16-5-1-2-6-17(16)25-19/h1-2,5-6,8-11H,3-4,7,12H2,(H,23,28)(H,24,25). The second-order valence-electron chi connectivity index (χ2n) is 6.90. The first kappa shape index (κ1) is 16.7. The average molecular weight is 375 g/mol. The Kier molecular flexibility index (Phi) is 3.93. The minimum absolute atomic E-state index is 0.223. The summed E-state index contributed by atoms with van der Waals surface area (Å²) >= 11 is 0. The molecule has 2 heterocycles. The van der Waals surface area contributed by atoms with Gasteiger partial charge in [0.2, 0.25) is 0 Å². The van der Waals surface area contributed by atoms with Crippen LogP contribution in [0.5, 0.6) is 0 Å². The number of carbonyl (C=O) groups is 1. The summed E-state index contributed by atoms with van der Waals surface area (Å²) in [4.78, 5) is 20.5. The van der Waals surface area contributed by atoms with E-state index < -0.39 is 0 Å². The van der Waals surface area contributed by atoms with Crippen molar-refractivity contribution in [3.63, 3.8) is 0 Å². The van der Waals surface area contributed by atoms with E-state index in [0.29, 0.717) is 18.1 Å². The van der Waals surface area contributed by atoms with Gasteiger partial charge in [-0.05, 0) is 55.7 Å². The van der Waals surface area contributed by atoms with Crippen LogP contribution in [0.4, 0.5) is 4.39 Å². The molecule has 0 radical (unpaired) electrons. The van der Waals surface area contributed by atoms with E-state index in [2.05, 4.69) is 20.4 Å². The maximum Gasteiger partial charge on any atom is 0.272 e. The predicted molar refractivity (Wildman–Crippen MR) is 103 cm³/mol. The zero-order valence-corrected chi connectivity index (χ0v) is 15.1. The van der Waals surface area contributed by atoms with Crippen LogP contribution in [0.2, 0.25) is 0 Å². The number of amides is 1. The number of nitrogens with one attached hydrogen (secondary N) is 2. The molecule has 0 saturated carbocycles. The normalized spacial score (nSPS) is 13.0. The average Bonchev–Trinajstić information content (AvgIpc) is 3.41. The van der Waals surface area contributed by atoms with Gasteiger partial charge >= 0.3 is 0 Å². The fourth-order valence-corrected chi connectivity index (χ4v) is 3.75. The molecule has 1 aliphatic carbocycles. The molecule has 0 atom stereocenters. The molecule has 0 unspecified atom stereocenters. The second-order valence-corrected chi connectivity index (χ2v) is 6.90. The molecule has 140 valence electrons. The van der Waals surface area contributed by atoms with Crippen LogP contribution in [0.1, 0.15) is 34.0 Å². The van der Waals surface area contributed by atoms with Crippen LogP contribution in [-0.4, -0.2) is 25.7 Å². The highest BCUT2D eigenvalue weighted by molar-refractivity contribution is 5.94. The summed E-state index contributed by atoms with van der Waals surface area (Å²) in [5.41, 5.74) is 5.01. The monoisotopic (exact) mass is 375 g/mol. The Morgan fingerprint density at radius 1 is 1.14 bits per heavy atom. The highest BCUT2D eigenvalue weighted by Crippen LogP contribution is 2.28. The van der Waals surface area contributed by atoms with Crippen LogP contribution in [0.3, 0.4) is 0 Å². The van der Waals surface area contributed by atoms with Crippen molar-refractivity contribution in [3.05, 3.63) is 77.1 Å². The number of aromatic nitrogens is 4. The minimum Gasteiger partial charge on any atom is -0.343 e. The molecule has 1 amide bonds. The SMILES string of the molecule is O=C(NCc1nc2ccccc2[nH]1)c1nn(-c2ccc(F)cc2)c2c1CCC2. The number of carbonyl (C=O) groups excluding carboxylic acids is 1. The molecule has 0 saturated heterocycles. The van der Waals surface area contributed by atoms with Crippen molar-refractivity contribution in [2.75, 3.05) is 0 Å². The lowest BCUT2D eigenvalue weighted by molar-refractivity contribution is 0.0943. The van der Waals surface area contributed by atoms with E-state index in [0.717, 1.165) is 47.2 Å². The quantitative estimate of drug-likeness (QED) is 0.575. The largest absolute Gasteiger partial charge is 0.343 e. The number of para-hydroxylation sites is 2. The van der Waals surface area contributed by atoms with Gasteiger partial charge in [0.05, 0.1) is 23.3 Å². The number of hydrogen-bond acceptors (Lipinski definition) is 3. The summed E-state index contributed by atoms with van der Waals surface area (Å²) in [6, 6.07) is 13.9. The molecule has 1 aliphatic rings. The Hall–Kier alpha value is -3.48. The van der Waals surface area contributed by atoms with Crippen LogP contribution < -0.4 is 5.32 Å². The van der Waals surface area contributed by atoms with Gasteiger partial charge in [-0.15, -0.1) is 0 Å². The molecule has 0 aliphatic heterocycles. The summed E-state index contributed by atoms with van der Waals surface area (Å²) in [5, 5.41) is 7.45. The van der Waals surface area contributed by atoms with Crippen molar-refractivity contribution in [2.24, 2.45) is 0 Å². The zero-order valence-electron chi connectivity index (χ0n) is 15.1. The molecular weight excluding hydrogens is 357 g/mol. The highest BCUT2D eigenvalue weighted by Gasteiger charge is 2.27. The number of benzene rings is 2. The van der Waals surface area contributed by atoms with Crippen LogP contribution in [0.25, 0.3) is 16.7 Å². The van der Waals surface area contributed by atoms with Crippen molar-refractivity contribution in [1.82, 2.24) is 25.1 Å². The van der Waals surface area contributed by atoms with Gasteiger partial charge in [-0.2, -0.15) is 5.10 Å². The fourth-order valence-electron chi connectivity index (χ4n) is 3.75. The number of imidazole rings is 1. The molecule has 0 spiro atoms. The summed E-state index contributed by atoms with van der Waals surface area (Å²) in [6.07, 6.45) is 2.67. The zero-order chi connectivity index (χ0) is 19.1. The first-order valence-corrected chi connectivity index (χ1v) is 9.27. The molecule has 28 heavy (non-hydrogen) atoms. The van der Waals surface area contributed by atoms with E-state index in [1.807, 2.05) is 24.3 Å². The van der Waals surface area contributed by atoms with Crippen molar-refractivity contribution < 1.29 is 9.18 Å². The van der Waals surface area contributed by atoms with Crippen LogP contribution >= 0.6 is 0 Å². The Balaban J connectivity index is 1.40. The number of aromatic amines is 1. The van der Waals surface area contributed by atoms with Crippen LogP contribution in [0, 0.1) is 5.82 Å². The fraction of sp³-hybridized carbons (Fsp3) is 0.190. The van der Waals surface area contributed by atoms with Gasteiger partial charge in [0.1, 0.15) is 11.6 Å². The summed E-state index contributed by atoms with van der Waals surface area (Å²) in [6.45, 7) is 0.297. The van der Waals surface area contributed by atoms with Gasteiger partial charge in [-0.3, -0.25) is 4.79 Å². The summed E-state index contributed by atoms with van der Waals surface area (Å²) < 4.78 is 15.0.